The molecule has 0 spiro atoms. The molecule has 0 bridgehead atoms. The molecule has 3 rings (SSSR count). The minimum absolute atomic E-state index is 0.150. The number of hydrogen-bond donors (Lipinski definition) is 1. The lowest BCUT2D eigenvalue weighted by Crippen LogP contribution is -2.37. The molecule has 1 aromatic rings. The lowest BCUT2D eigenvalue weighted by atomic mass is 9.79. The Bertz CT molecular complexity index is 439. The number of methoxy groups -OCH3 is 1. The Morgan fingerprint density at radius 1 is 1.40 bits per heavy atom. The molecular formula is C14H23N3O3. The summed E-state index contributed by atoms with van der Waals surface area (Å²) >= 11 is 0. The fourth-order valence-corrected chi connectivity index (χ4v) is 2.92. The smallest absolute Gasteiger partial charge is 0.233 e. The van der Waals surface area contributed by atoms with E-state index in [0.717, 1.165) is 32.2 Å². The molecule has 1 N–H and O–H groups in total. The van der Waals surface area contributed by atoms with Crippen LogP contribution in [-0.2, 0) is 15.1 Å². The van der Waals surface area contributed by atoms with Crippen molar-refractivity contribution in [3.8, 4) is 0 Å². The van der Waals surface area contributed by atoms with Gasteiger partial charge in [0.1, 0.15) is 5.60 Å². The monoisotopic (exact) mass is 281 g/mol. The van der Waals surface area contributed by atoms with Crippen molar-refractivity contribution in [2.24, 2.45) is 0 Å². The van der Waals surface area contributed by atoms with Gasteiger partial charge >= 0.3 is 0 Å². The van der Waals surface area contributed by atoms with E-state index in [0.29, 0.717) is 24.9 Å². The maximum absolute atomic E-state index is 5.60. The molecule has 6 heteroatoms. The summed E-state index contributed by atoms with van der Waals surface area (Å²) in [7, 11) is 1.72. The van der Waals surface area contributed by atoms with Gasteiger partial charge in [-0.1, -0.05) is 12.1 Å². The third-order valence-electron chi connectivity index (χ3n) is 4.46. The molecule has 1 saturated heterocycles. The third-order valence-corrected chi connectivity index (χ3v) is 4.46. The average molecular weight is 281 g/mol. The summed E-state index contributed by atoms with van der Waals surface area (Å²) in [6, 6.07) is 0.267. The molecule has 0 aromatic carbocycles. The van der Waals surface area contributed by atoms with Crippen molar-refractivity contribution in [2.45, 2.75) is 50.2 Å². The van der Waals surface area contributed by atoms with Crippen molar-refractivity contribution in [1.82, 2.24) is 15.5 Å². The molecule has 2 unspecified atom stereocenters. The van der Waals surface area contributed by atoms with Crippen molar-refractivity contribution < 1.29 is 14.0 Å². The lowest BCUT2D eigenvalue weighted by Gasteiger charge is -2.37. The molecule has 1 aliphatic carbocycles. The largest absolute Gasteiger partial charge is 0.379 e. The summed E-state index contributed by atoms with van der Waals surface area (Å²) in [6.45, 7) is 4.48. The minimum atomic E-state index is -0.312. The number of rotatable bonds is 6. The Kier molecular flexibility index (Phi) is 4.05. The van der Waals surface area contributed by atoms with E-state index in [-0.39, 0.29) is 17.6 Å². The number of aromatic nitrogens is 2. The molecule has 0 amide bonds. The average Bonchev–Trinajstić information content (AvgIpc) is 3.04. The second-order valence-electron chi connectivity index (χ2n) is 5.71. The summed E-state index contributed by atoms with van der Waals surface area (Å²) in [6.07, 6.45) is 4.21. The molecule has 1 saturated carbocycles. The molecule has 20 heavy (non-hydrogen) atoms. The Labute approximate surface area is 119 Å². The van der Waals surface area contributed by atoms with Gasteiger partial charge in [0.2, 0.25) is 11.7 Å². The van der Waals surface area contributed by atoms with Crippen LogP contribution in [0.25, 0.3) is 0 Å². The van der Waals surface area contributed by atoms with Crippen LogP contribution >= 0.6 is 0 Å². The summed E-state index contributed by atoms with van der Waals surface area (Å²) in [5.41, 5.74) is -0.312. The molecule has 6 nitrogen and oxygen atoms in total. The molecule has 2 fully saturated rings. The first kappa shape index (κ1) is 14.0. The van der Waals surface area contributed by atoms with Crippen LogP contribution in [0.15, 0.2) is 4.52 Å². The molecule has 2 heterocycles. The predicted molar refractivity (Wildman–Crippen MR) is 72.5 cm³/mol. The summed E-state index contributed by atoms with van der Waals surface area (Å²) in [4.78, 5) is 4.59. The first-order chi connectivity index (χ1) is 9.79. The van der Waals surface area contributed by atoms with Crippen LogP contribution in [0.3, 0.4) is 0 Å². The van der Waals surface area contributed by atoms with Crippen LogP contribution in [0.5, 0.6) is 0 Å². The molecule has 1 aromatic heterocycles. The number of ether oxygens (including phenoxy) is 2. The molecule has 112 valence electrons. The highest BCUT2D eigenvalue weighted by Gasteiger charge is 2.44. The van der Waals surface area contributed by atoms with Crippen LogP contribution in [0.1, 0.15) is 50.2 Å². The minimum Gasteiger partial charge on any atom is -0.379 e. The topological polar surface area (TPSA) is 69.4 Å². The van der Waals surface area contributed by atoms with Crippen LogP contribution in [0, 0.1) is 0 Å². The number of hydrogen-bond acceptors (Lipinski definition) is 6. The Balaban J connectivity index is 1.72. The zero-order valence-corrected chi connectivity index (χ0v) is 12.2. The van der Waals surface area contributed by atoms with Gasteiger partial charge in [0, 0.05) is 13.2 Å². The SMILES string of the molecule is CCCNC1COCC1c1nc(C2(OC)CCC2)no1. The highest BCUT2D eigenvalue weighted by atomic mass is 16.5. The van der Waals surface area contributed by atoms with Crippen molar-refractivity contribution >= 4 is 0 Å². The molecular weight excluding hydrogens is 258 g/mol. The predicted octanol–water partition coefficient (Wildman–Crippen LogP) is 1.58. The van der Waals surface area contributed by atoms with Gasteiger partial charge in [-0.3, -0.25) is 0 Å². The first-order valence-electron chi connectivity index (χ1n) is 7.49. The maximum Gasteiger partial charge on any atom is 0.233 e. The number of nitrogens with one attached hydrogen (secondary N) is 1. The van der Waals surface area contributed by atoms with Gasteiger partial charge in [-0.2, -0.15) is 4.98 Å². The van der Waals surface area contributed by atoms with E-state index in [2.05, 4.69) is 22.4 Å². The Morgan fingerprint density at radius 2 is 2.25 bits per heavy atom. The second-order valence-corrected chi connectivity index (χ2v) is 5.71. The zero-order chi connectivity index (χ0) is 14.0. The van der Waals surface area contributed by atoms with Gasteiger partial charge in [-0.15, -0.1) is 0 Å². The van der Waals surface area contributed by atoms with Gasteiger partial charge in [0.25, 0.3) is 0 Å². The lowest BCUT2D eigenvalue weighted by molar-refractivity contribution is -0.0858. The van der Waals surface area contributed by atoms with Gasteiger partial charge in [-0.25, -0.2) is 0 Å². The fraction of sp³-hybridized carbons (Fsp3) is 0.857. The van der Waals surface area contributed by atoms with Crippen molar-refractivity contribution in [3.05, 3.63) is 11.7 Å². The van der Waals surface area contributed by atoms with Gasteiger partial charge in [0.05, 0.1) is 19.1 Å². The van der Waals surface area contributed by atoms with Crippen LogP contribution in [0.2, 0.25) is 0 Å². The van der Waals surface area contributed by atoms with E-state index in [1.54, 1.807) is 7.11 Å². The van der Waals surface area contributed by atoms with Crippen LogP contribution in [0.4, 0.5) is 0 Å². The first-order valence-corrected chi connectivity index (χ1v) is 7.49. The molecule has 1 aliphatic heterocycles. The van der Waals surface area contributed by atoms with E-state index in [9.17, 15) is 0 Å². The Morgan fingerprint density at radius 3 is 2.90 bits per heavy atom. The highest BCUT2D eigenvalue weighted by Crippen LogP contribution is 2.43. The van der Waals surface area contributed by atoms with Crippen molar-refractivity contribution in [2.75, 3.05) is 26.9 Å². The standard InChI is InChI=1S/C14H23N3O3/c1-3-7-15-11-9-19-8-10(11)12-16-13(17-20-12)14(18-2)5-4-6-14/h10-11,15H,3-9H2,1-2H3. The van der Waals surface area contributed by atoms with E-state index < -0.39 is 0 Å². The second kappa shape index (κ2) is 5.79. The summed E-state index contributed by atoms with van der Waals surface area (Å²) in [5, 5.41) is 7.63. The summed E-state index contributed by atoms with van der Waals surface area (Å²) in [5.74, 6) is 1.52. The summed E-state index contributed by atoms with van der Waals surface area (Å²) < 4.78 is 16.6. The van der Waals surface area contributed by atoms with E-state index in [4.69, 9.17) is 14.0 Å². The van der Waals surface area contributed by atoms with Gasteiger partial charge in [0.15, 0.2) is 0 Å². The fourth-order valence-electron chi connectivity index (χ4n) is 2.92. The molecule has 2 atom stereocenters. The van der Waals surface area contributed by atoms with Crippen molar-refractivity contribution in [3.63, 3.8) is 0 Å². The van der Waals surface area contributed by atoms with Crippen LogP contribution < -0.4 is 5.32 Å². The van der Waals surface area contributed by atoms with Gasteiger partial charge < -0.3 is 19.3 Å². The number of nitrogens with zero attached hydrogens (tertiary/aromatic N) is 2. The highest BCUT2D eigenvalue weighted by molar-refractivity contribution is 5.10. The molecule has 2 aliphatic rings. The van der Waals surface area contributed by atoms with E-state index in [1.807, 2.05) is 0 Å². The Hall–Kier alpha value is -0.980. The van der Waals surface area contributed by atoms with E-state index >= 15 is 0 Å². The quantitative estimate of drug-likeness (QED) is 0.853. The maximum atomic E-state index is 5.60. The normalized spacial score (nSPS) is 28.5. The third kappa shape index (κ3) is 2.36. The van der Waals surface area contributed by atoms with E-state index in [1.165, 1.54) is 0 Å². The van der Waals surface area contributed by atoms with Crippen molar-refractivity contribution in [1.29, 1.82) is 0 Å². The zero-order valence-electron chi connectivity index (χ0n) is 12.2. The van der Waals surface area contributed by atoms with Crippen LogP contribution in [-0.4, -0.2) is 43.1 Å². The van der Waals surface area contributed by atoms with Gasteiger partial charge in [-0.05, 0) is 32.2 Å². The molecule has 0 radical (unpaired) electrons.